The molecule has 2 aromatic rings. The Morgan fingerprint density at radius 1 is 0.939 bits per heavy atom. The number of amides is 1. The molecule has 5 nitrogen and oxygen atoms in total. The van der Waals surface area contributed by atoms with Crippen molar-refractivity contribution in [3.63, 3.8) is 0 Å². The molecule has 2 heterocycles. The van der Waals surface area contributed by atoms with Crippen molar-refractivity contribution in [2.45, 2.75) is 32.6 Å². The van der Waals surface area contributed by atoms with E-state index in [9.17, 15) is 4.79 Å². The number of piperazine rings is 1. The number of para-hydroxylation sites is 1. The molecule has 0 bridgehead atoms. The molecule has 1 aliphatic carbocycles. The molecule has 1 saturated carbocycles. The summed E-state index contributed by atoms with van der Waals surface area (Å²) in [5.41, 5.74) is 3.31. The third-order valence-electron chi connectivity index (χ3n) is 7.81. The van der Waals surface area contributed by atoms with Gasteiger partial charge in [0.2, 0.25) is 0 Å². The first-order chi connectivity index (χ1) is 16.2. The molecule has 2 aromatic carbocycles. The van der Waals surface area contributed by atoms with Gasteiger partial charge in [0.15, 0.2) is 0 Å². The van der Waals surface area contributed by atoms with Gasteiger partial charge in [-0.3, -0.25) is 4.79 Å². The van der Waals surface area contributed by atoms with E-state index in [2.05, 4.69) is 41.0 Å². The van der Waals surface area contributed by atoms with Crippen LogP contribution in [0.1, 0.15) is 41.6 Å². The van der Waals surface area contributed by atoms with Gasteiger partial charge in [0.1, 0.15) is 5.75 Å². The highest BCUT2D eigenvalue weighted by Gasteiger charge is 2.35. The van der Waals surface area contributed by atoms with E-state index in [-0.39, 0.29) is 5.91 Å². The Balaban J connectivity index is 1.05. The van der Waals surface area contributed by atoms with Crippen LogP contribution in [0.4, 0.5) is 5.69 Å². The average Bonchev–Trinajstić information content (AvgIpc) is 3.44. The molecule has 0 radical (unpaired) electrons. The van der Waals surface area contributed by atoms with Gasteiger partial charge in [0.25, 0.3) is 5.91 Å². The van der Waals surface area contributed by atoms with Gasteiger partial charge in [-0.15, -0.1) is 0 Å². The Labute approximate surface area is 198 Å². The van der Waals surface area contributed by atoms with Gasteiger partial charge in [0, 0.05) is 57.1 Å². The number of hydrogen-bond donors (Lipinski definition) is 0. The minimum Gasteiger partial charge on any atom is -0.494 e. The second kappa shape index (κ2) is 10.2. The first-order valence-corrected chi connectivity index (χ1v) is 12.7. The number of anilines is 1. The van der Waals surface area contributed by atoms with E-state index in [4.69, 9.17) is 4.74 Å². The molecule has 2 unspecified atom stereocenters. The van der Waals surface area contributed by atoms with E-state index in [0.29, 0.717) is 0 Å². The Morgan fingerprint density at radius 2 is 1.64 bits per heavy atom. The minimum absolute atomic E-state index is 0.116. The number of likely N-dealkylation sites (tertiary alicyclic amines) is 1. The summed E-state index contributed by atoms with van der Waals surface area (Å²) in [6, 6.07) is 16.2. The quantitative estimate of drug-likeness (QED) is 0.587. The van der Waals surface area contributed by atoms with E-state index in [1.807, 2.05) is 29.2 Å². The zero-order chi connectivity index (χ0) is 22.6. The maximum atomic E-state index is 13.0. The Kier molecular flexibility index (Phi) is 6.86. The third kappa shape index (κ3) is 5.19. The number of benzene rings is 2. The van der Waals surface area contributed by atoms with Crippen LogP contribution in [-0.2, 0) is 0 Å². The summed E-state index contributed by atoms with van der Waals surface area (Å²) in [5, 5.41) is 0. The molecule has 176 valence electrons. The van der Waals surface area contributed by atoms with Crippen LogP contribution in [-0.4, -0.2) is 68.1 Å². The topological polar surface area (TPSA) is 36.0 Å². The van der Waals surface area contributed by atoms with Crippen molar-refractivity contribution >= 4 is 11.6 Å². The van der Waals surface area contributed by atoms with Crippen LogP contribution >= 0.6 is 0 Å². The molecule has 5 rings (SSSR count). The van der Waals surface area contributed by atoms with E-state index in [1.54, 1.807) is 0 Å². The van der Waals surface area contributed by atoms with Crippen LogP contribution in [0.5, 0.6) is 5.75 Å². The highest BCUT2D eigenvalue weighted by Crippen LogP contribution is 2.37. The van der Waals surface area contributed by atoms with Crippen molar-refractivity contribution in [3.8, 4) is 5.75 Å². The van der Waals surface area contributed by atoms with Crippen molar-refractivity contribution < 1.29 is 9.53 Å². The maximum absolute atomic E-state index is 13.0. The van der Waals surface area contributed by atoms with Crippen molar-refractivity contribution in [2.24, 2.45) is 11.8 Å². The van der Waals surface area contributed by atoms with Crippen molar-refractivity contribution in [3.05, 3.63) is 59.7 Å². The van der Waals surface area contributed by atoms with E-state index in [0.717, 1.165) is 68.9 Å². The number of aryl methyl sites for hydroxylation is 1. The molecule has 0 aromatic heterocycles. The van der Waals surface area contributed by atoms with Gasteiger partial charge >= 0.3 is 0 Å². The zero-order valence-electron chi connectivity index (χ0n) is 19.9. The molecule has 1 amide bonds. The third-order valence-corrected chi connectivity index (χ3v) is 7.81. The minimum atomic E-state index is 0.116. The largest absolute Gasteiger partial charge is 0.494 e. The van der Waals surface area contributed by atoms with Crippen LogP contribution in [0.15, 0.2) is 48.5 Å². The predicted octanol–water partition coefficient (Wildman–Crippen LogP) is 4.46. The molecule has 3 fully saturated rings. The lowest BCUT2D eigenvalue weighted by Gasteiger charge is -2.36. The Morgan fingerprint density at radius 3 is 2.33 bits per heavy atom. The van der Waals surface area contributed by atoms with Crippen LogP contribution in [0.2, 0.25) is 0 Å². The average molecular weight is 448 g/mol. The molecule has 0 spiro atoms. The second-order valence-corrected chi connectivity index (χ2v) is 10.0. The van der Waals surface area contributed by atoms with Crippen LogP contribution in [0, 0.1) is 18.8 Å². The standard InChI is InChI=1S/C28H37N3O2/c1-22-6-2-3-9-27(22)30-15-17-31(18-16-30)28(32)23-10-12-26(13-11-23)33-19-5-14-29-20-24-7-4-8-25(24)21-29/h2-3,6,9-13,24-25H,4-5,7-8,14-21H2,1H3. The molecule has 0 N–H and O–H groups in total. The Hall–Kier alpha value is -2.53. The molecule has 5 heteroatoms. The number of hydrogen-bond acceptors (Lipinski definition) is 4. The van der Waals surface area contributed by atoms with Crippen LogP contribution in [0.3, 0.4) is 0 Å². The highest BCUT2D eigenvalue weighted by atomic mass is 16.5. The number of fused-ring (bicyclic) bond motifs is 1. The van der Waals surface area contributed by atoms with Crippen molar-refractivity contribution in [1.82, 2.24) is 9.80 Å². The number of nitrogens with zero attached hydrogens (tertiary/aromatic N) is 3. The normalized spacial score (nSPS) is 23.1. The van der Waals surface area contributed by atoms with Gasteiger partial charge in [-0.25, -0.2) is 0 Å². The number of carbonyl (C=O) groups excluding carboxylic acids is 1. The summed E-state index contributed by atoms with van der Waals surface area (Å²) < 4.78 is 5.96. The van der Waals surface area contributed by atoms with Gasteiger partial charge in [-0.2, -0.15) is 0 Å². The lowest BCUT2D eigenvalue weighted by atomic mass is 10.0. The van der Waals surface area contributed by atoms with Crippen LogP contribution in [0.25, 0.3) is 0 Å². The van der Waals surface area contributed by atoms with E-state index < -0.39 is 0 Å². The molecule has 2 aliphatic heterocycles. The predicted molar refractivity (Wildman–Crippen MR) is 133 cm³/mol. The van der Waals surface area contributed by atoms with Crippen LogP contribution < -0.4 is 9.64 Å². The molecule has 2 atom stereocenters. The smallest absolute Gasteiger partial charge is 0.253 e. The Bertz CT molecular complexity index is 924. The number of ether oxygens (including phenoxy) is 1. The molecule has 3 aliphatic rings. The van der Waals surface area contributed by atoms with E-state index in [1.165, 1.54) is 43.6 Å². The van der Waals surface area contributed by atoms with E-state index >= 15 is 0 Å². The molecular formula is C28H37N3O2. The summed E-state index contributed by atoms with van der Waals surface area (Å²) in [7, 11) is 0. The number of rotatable bonds is 7. The molecule has 33 heavy (non-hydrogen) atoms. The van der Waals surface area contributed by atoms with Gasteiger partial charge < -0.3 is 19.4 Å². The monoisotopic (exact) mass is 447 g/mol. The summed E-state index contributed by atoms with van der Waals surface area (Å²) >= 11 is 0. The fraction of sp³-hybridized carbons (Fsp3) is 0.536. The fourth-order valence-electron chi connectivity index (χ4n) is 5.94. The summed E-state index contributed by atoms with van der Waals surface area (Å²) in [6.07, 6.45) is 5.37. The summed E-state index contributed by atoms with van der Waals surface area (Å²) in [5.74, 6) is 2.89. The fourth-order valence-corrected chi connectivity index (χ4v) is 5.94. The highest BCUT2D eigenvalue weighted by molar-refractivity contribution is 5.94. The first-order valence-electron chi connectivity index (χ1n) is 12.7. The lowest BCUT2D eigenvalue weighted by molar-refractivity contribution is 0.0746. The molecule has 2 saturated heterocycles. The van der Waals surface area contributed by atoms with Gasteiger partial charge in [0.05, 0.1) is 6.61 Å². The van der Waals surface area contributed by atoms with Gasteiger partial charge in [-0.1, -0.05) is 24.6 Å². The SMILES string of the molecule is Cc1ccccc1N1CCN(C(=O)c2ccc(OCCCN3CC4CCCC4C3)cc2)CC1. The maximum Gasteiger partial charge on any atom is 0.253 e. The lowest BCUT2D eigenvalue weighted by Crippen LogP contribution is -2.49. The van der Waals surface area contributed by atoms with Crippen molar-refractivity contribution in [1.29, 1.82) is 0 Å². The zero-order valence-corrected chi connectivity index (χ0v) is 19.9. The molecular weight excluding hydrogens is 410 g/mol. The van der Waals surface area contributed by atoms with Gasteiger partial charge in [-0.05, 0) is 73.9 Å². The summed E-state index contributed by atoms with van der Waals surface area (Å²) in [6.45, 7) is 9.85. The summed E-state index contributed by atoms with van der Waals surface area (Å²) in [4.78, 5) is 19.9. The number of carbonyl (C=O) groups is 1. The van der Waals surface area contributed by atoms with Crippen molar-refractivity contribution in [2.75, 3.05) is 57.3 Å². The first kappa shape index (κ1) is 22.3. The second-order valence-electron chi connectivity index (χ2n) is 10.0.